The molecule has 1 heterocycles. The maximum Gasteiger partial charge on any atom is 0.419 e. The summed E-state index contributed by atoms with van der Waals surface area (Å²) in [6.45, 7) is 4.23. The van der Waals surface area contributed by atoms with E-state index in [1.165, 1.54) is 31.9 Å². The average molecular weight is 439 g/mol. The SMILES string of the molecule is C/C=C/CCC1CCC(/C=C/C2CCC(c3ccc(C)c(F)c3C(F)(F)F)CC2)OC1. The topological polar surface area (TPSA) is 9.23 Å². The highest BCUT2D eigenvalue weighted by Crippen LogP contribution is 2.43. The van der Waals surface area contributed by atoms with Gasteiger partial charge >= 0.3 is 6.18 Å². The molecule has 5 heteroatoms. The molecule has 1 saturated carbocycles. The molecule has 2 aliphatic rings. The molecule has 3 rings (SSSR count). The Morgan fingerprint density at radius 3 is 2.39 bits per heavy atom. The molecule has 2 atom stereocenters. The molecule has 0 spiro atoms. The van der Waals surface area contributed by atoms with Crippen molar-refractivity contribution in [1.82, 2.24) is 0 Å². The Morgan fingerprint density at radius 2 is 1.77 bits per heavy atom. The lowest BCUT2D eigenvalue weighted by atomic mass is 9.77. The van der Waals surface area contributed by atoms with Gasteiger partial charge in [0.25, 0.3) is 0 Å². The van der Waals surface area contributed by atoms with Crippen molar-refractivity contribution in [2.24, 2.45) is 11.8 Å². The van der Waals surface area contributed by atoms with Crippen LogP contribution in [0.15, 0.2) is 36.4 Å². The molecular formula is C26H34F4O. The first-order valence-corrected chi connectivity index (χ1v) is 11.6. The number of aryl methyl sites for hydroxylation is 1. The van der Waals surface area contributed by atoms with Gasteiger partial charge in [-0.15, -0.1) is 0 Å². The number of alkyl halides is 3. The molecule has 1 aliphatic heterocycles. The van der Waals surface area contributed by atoms with Crippen LogP contribution in [0.25, 0.3) is 0 Å². The van der Waals surface area contributed by atoms with E-state index in [9.17, 15) is 17.6 Å². The van der Waals surface area contributed by atoms with Crippen molar-refractivity contribution in [2.75, 3.05) is 6.61 Å². The van der Waals surface area contributed by atoms with E-state index in [2.05, 4.69) is 24.3 Å². The van der Waals surface area contributed by atoms with Gasteiger partial charge in [-0.3, -0.25) is 0 Å². The van der Waals surface area contributed by atoms with Crippen LogP contribution in [-0.4, -0.2) is 12.7 Å². The summed E-state index contributed by atoms with van der Waals surface area (Å²) in [5.41, 5.74) is -0.895. The molecule has 1 saturated heterocycles. The summed E-state index contributed by atoms with van der Waals surface area (Å²) in [6, 6.07) is 2.95. The van der Waals surface area contributed by atoms with Crippen molar-refractivity contribution in [2.45, 2.75) is 83.4 Å². The van der Waals surface area contributed by atoms with E-state index in [1.54, 1.807) is 0 Å². The second-order valence-corrected chi connectivity index (χ2v) is 9.12. The second-order valence-electron chi connectivity index (χ2n) is 9.12. The normalized spacial score (nSPS) is 27.9. The Hall–Kier alpha value is -1.62. The van der Waals surface area contributed by atoms with Gasteiger partial charge in [0.05, 0.1) is 18.3 Å². The van der Waals surface area contributed by atoms with Gasteiger partial charge in [-0.25, -0.2) is 4.39 Å². The zero-order chi connectivity index (χ0) is 22.4. The van der Waals surface area contributed by atoms with E-state index in [-0.39, 0.29) is 23.1 Å². The van der Waals surface area contributed by atoms with Crippen LogP contribution < -0.4 is 0 Å². The summed E-state index contributed by atoms with van der Waals surface area (Å²) >= 11 is 0. The first kappa shape index (κ1) is 24.0. The van der Waals surface area contributed by atoms with Gasteiger partial charge in [-0.05, 0) is 94.1 Å². The molecule has 0 aromatic heterocycles. The Morgan fingerprint density at radius 1 is 1.03 bits per heavy atom. The lowest BCUT2D eigenvalue weighted by molar-refractivity contribution is -0.141. The number of hydrogen-bond donors (Lipinski definition) is 0. The minimum Gasteiger partial charge on any atom is -0.374 e. The van der Waals surface area contributed by atoms with Crippen LogP contribution >= 0.6 is 0 Å². The third-order valence-electron chi connectivity index (χ3n) is 6.84. The van der Waals surface area contributed by atoms with Crippen molar-refractivity contribution in [3.63, 3.8) is 0 Å². The fraction of sp³-hybridized carbons (Fsp3) is 0.615. The minimum absolute atomic E-state index is 0.0456. The summed E-state index contributed by atoms with van der Waals surface area (Å²) < 4.78 is 60.8. The van der Waals surface area contributed by atoms with Gasteiger partial charge in [0.2, 0.25) is 0 Å². The molecular weight excluding hydrogens is 404 g/mol. The quantitative estimate of drug-likeness (QED) is 0.322. The van der Waals surface area contributed by atoms with Crippen LogP contribution in [0.4, 0.5) is 17.6 Å². The molecule has 0 amide bonds. The molecule has 0 radical (unpaired) electrons. The Balaban J connectivity index is 1.51. The van der Waals surface area contributed by atoms with E-state index in [1.807, 2.05) is 6.92 Å². The van der Waals surface area contributed by atoms with Crippen molar-refractivity contribution in [3.8, 4) is 0 Å². The van der Waals surface area contributed by atoms with E-state index in [0.717, 1.165) is 32.3 Å². The first-order valence-electron chi connectivity index (χ1n) is 11.6. The Kier molecular flexibility index (Phi) is 8.37. The number of halogens is 4. The number of ether oxygens (including phenoxy) is 1. The maximum atomic E-state index is 14.3. The molecule has 1 aromatic carbocycles. The number of hydrogen-bond acceptors (Lipinski definition) is 1. The van der Waals surface area contributed by atoms with Crippen molar-refractivity contribution < 1.29 is 22.3 Å². The van der Waals surface area contributed by atoms with Crippen molar-refractivity contribution in [3.05, 3.63) is 58.9 Å². The predicted molar refractivity (Wildman–Crippen MR) is 116 cm³/mol. The van der Waals surface area contributed by atoms with E-state index in [0.29, 0.717) is 24.7 Å². The summed E-state index contributed by atoms with van der Waals surface area (Å²) in [6.07, 6.45) is 11.6. The second kappa shape index (κ2) is 10.8. The monoisotopic (exact) mass is 438 g/mol. The van der Waals surface area contributed by atoms with Crippen molar-refractivity contribution >= 4 is 0 Å². The van der Waals surface area contributed by atoms with Gasteiger partial charge in [0, 0.05) is 0 Å². The number of rotatable bonds is 6. The maximum absolute atomic E-state index is 14.3. The fourth-order valence-electron chi connectivity index (χ4n) is 4.93. The largest absolute Gasteiger partial charge is 0.419 e. The van der Waals surface area contributed by atoms with Gasteiger partial charge in [0.1, 0.15) is 5.82 Å². The van der Waals surface area contributed by atoms with Gasteiger partial charge in [0.15, 0.2) is 0 Å². The lowest BCUT2D eigenvalue weighted by Crippen LogP contribution is -2.24. The van der Waals surface area contributed by atoms with Crippen LogP contribution in [0.3, 0.4) is 0 Å². The van der Waals surface area contributed by atoms with Crippen molar-refractivity contribution in [1.29, 1.82) is 0 Å². The Labute approximate surface area is 183 Å². The van der Waals surface area contributed by atoms with Crippen LogP contribution in [0, 0.1) is 24.6 Å². The molecule has 172 valence electrons. The highest BCUT2D eigenvalue weighted by Gasteiger charge is 2.39. The smallest absolute Gasteiger partial charge is 0.374 e. The molecule has 1 nitrogen and oxygen atoms in total. The molecule has 1 aromatic rings. The fourth-order valence-corrected chi connectivity index (χ4v) is 4.93. The predicted octanol–water partition coefficient (Wildman–Crippen LogP) is 8.13. The zero-order valence-electron chi connectivity index (χ0n) is 18.6. The van der Waals surface area contributed by atoms with Crippen LogP contribution in [0.5, 0.6) is 0 Å². The molecule has 2 fully saturated rings. The first-order chi connectivity index (χ1) is 14.8. The summed E-state index contributed by atoms with van der Waals surface area (Å²) in [5, 5.41) is 0. The molecule has 0 N–H and O–H groups in total. The number of allylic oxidation sites excluding steroid dienone is 3. The summed E-state index contributed by atoms with van der Waals surface area (Å²) in [7, 11) is 0. The highest BCUT2D eigenvalue weighted by molar-refractivity contribution is 5.38. The van der Waals surface area contributed by atoms with Gasteiger partial charge in [-0.1, -0.05) is 36.4 Å². The van der Waals surface area contributed by atoms with E-state index in [4.69, 9.17) is 4.74 Å². The molecule has 2 unspecified atom stereocenters. The molecule has 1 aliphatic carbocycles. The third-order valence-corrected chi connectivity index (χ3v) is 6.84. The average Bonchev–Trinajstić information content (AvgIpc) is 2.75. The molecule has 31 heavy (non-hydrogen) atoms. The van der Waals surface area contributed by atoms with E-state index < -0.39 is 17.6 Å². The minimum atomic E-state index is -4.66. The molecule has 0 bridgehead atoms. The zero-order valence-corrected chi connectivity index (χ0v) is 18.6. The summed E-state index contributed by atoms with van der Waals surface area (Å²) in [4.78, 5) is 0. The third kappa shape index (κ3) is 6.44. The van der Waals surface area contributed by atoms with E-state index >= 15 is 0 Å². The Bertz CT molecular complexity index is 764. The van der Waals surface area contributed by atoms with Crippen LogP contribution in [-0.2, 0) is 10.9 Å². The van der Waals surface area contributed by atoms with Crippen LogP contribution in [0.2, 0.25) is 0 Å². The van der Waals surface area contributed by atoms with Gasteiger partial charge < -0.3 is 4.74 Å². The standard InChI is InChI=1S/C26H34F4O/c1-3-4-5-6-20-11-15-22(31-17-20)14-10-19-8-12-21(13-9-19)23-16-7-18(2)25(27)24(23)26(28,29)30/h3-4,7,10,14,16,19-22H,5-6,8-9,11-13,15,17H2,1-2H3/b4-3+,14-10+. The lowest BCUT2D eigenvalue weighted by Gasteiger charge is -2.30. The highest BCUT2D eigenvalue weighted by atomic mass is 19.4. The summed E-state index contributed by atoms with van der Waals surface area (Å²) in [5.74, 6) is -0.364. The number of benzene rings is 1. The van der Waals surface area contributed by atoms with Crippen LogP contribution in [0.1, 0.15) is 80.9 Å². The van der Waals surface area contributed by atoms with Gasteiger partial charge in [-0.2, -0.15) is 13.2 Å².